The third-order valence-corrected chi connectivity index (χ3v) is 4.40. The van der Waals surface area contributed by atoms with Crippen LogP contribution in [0, 0.1) is 5.82 Å². The molecule has 0 saturated carbocycles. The van der Waals surface area contributed by atoms with Gasteiger partial charge in [0.25, 0.3) is 0 Å². The van der Waals surface area contributed by atoms with E-state index in [1.54, 1.807) is 18.2 Å². The highest BCUT2D eigenvalue weighted by molar-refractivity contribution is 7.16. The van der Waals surface area contributed by atoms with Crippen LogP contribution in [-0.2, 0) is 11.2 Å². The second-order valence-electron chi connectivity index (χ2n) is 3.94. The summed E-state index contributed by atoms with van der Waals surface area (Å²) in [6, 6.07) is 7.56. The van der Waals surface area contributed by atoms with Crippen LogP contribution in [0.15, 0.2) is 30.3 Å². The third-order valence-electron chi connectivity index (χ3n) is 2.71. The van der Waals surface area contributed by atoms with Crippen LogP contribution in [0.25, 0.3) is 0 Å². The van der Waals surface area contributed by atoms with Gasteiger partial charge in [-0.25, -0.2) is 4.39 Å². The summed E-state index contributed by atoms with van der Waals surface area (Å²) in [4.78, 5) is 11.9. The van der Waals surface area contributed by atoms with Gasteiger partial charge in [-0.2, -0.15) is 0 Å². The Bertz CT molecular complexity index is 592. The molecule has 6 heteroatoms. The molecule has 0 amide bonds. The molecule has 1 aromatic carbocycles. The van der Waals surface area contributed by atoms with Crippen molar-refractivity contribution in [2.75, 3.05) is 0 Å². The lowest BCUT2D eigenvalue weighted by Crippen LogP contribution is -2.14. The normalized spacial score (nSPS) is 12.4. The Labute approximate surface area is 123 Å². The number of halogens is 3. The van der Waals surface area contributed by atoms with E-state index in [-0.39, 0.29) is 17.0 Å². The average molecular weight is 319 g/mol. The molecule has 1 unspecified atom stereocenters. The highest BCUT2D eigenvalue weighted by atomic mass is 35.5. The Morgan fingerprint density at radius 3 is 2.58 bits per heavy atom. The Morgan fingerprint density at radius 2 is 2.05 bits per heavy atom. The molecule has 0 spiro atoms. The fraction of sp³-hybridized carbons (Fsp3) is 0.154. The molecule has 0 aliphatic rings. The summed E-state index contributed by atoms with van der Waals surface area (Å²) in [6.07, 6.45) is -0.00230. The first-order valence-electron chi connectivity index (χ1n) is 5.40. The van der Waals surface area contributed by atoms with Crippen molar-refractivity contribution < 1.29 is 14.3 Å². The van der Waals surface area contributed by atoms with Gasteiger partial charge in [-0.05, 0) is 30.7 Å². The Morgan fingerprint density at radius 1 is 1.32 bits per heavy atom. The smallest absolute Gasteiger partial charge is 0.312 e. The number of carboxylic acid groups (broad SMARTS) is 1. The van der Waals surface area contributed by atoms with Gasteiger partial charge in [0.2, 0.25) is 0 Å². The number of hydrogen-bond donors (Lipinski definition) is 1. The van der Waals surface area contributed by atoms with Crippen molar-refractivity contribution in [2.24, 2.45) is 0 Å². The third kappa shape index (κ3) is 3.26. The molecule has 0 saturated heterocycles. The Balaban J connectivity index is 2.35. The fourth-order valence-electron chi connectivity index (χ4n) is 1.76. The highest BCUT2D eigenvalue weighted by Crippen LogP contribution is 2.33. The van der Waals surface area contributed by atoms with Gasteiger partial charge < -0.3 is 5.11 Å². The number of carboxylic acids is 1. The van der Waals surface area contributed by atoms with E-state index in [1.165, 1.54) is 23.5 Å². The van der Waals surface area contributed by atoms with Gasteiger partial charge in [0, 0.05) is 15.5 Å². The second-order valence-corrected chi connectivity index (χ2v) is 6.09. The average Bonchev–Trinajstić information content (AvgIpc) is 2.74. The lowest BCUT2D eigenvalue weighted by Gasteiger charge is -2.12. The zero-order valence-corrected chi connectivity index (χ0v) is 11.9. The van der Waals surface area contributed by atoms with Gasteiger partial charge in [0.05, 0.1) is 10.3 Å². The molecular weight excluding hydrogens is 310 g/mol. The predicted molar refractivity (Wildman–Crippen MR) is 74.8 cm³/mol. The van der Waals surface area contributed by atoms with Gasteiger partial charge in [0.1, 0.15) is 5.82 Å². The van der Waals surface area contributed by atoms with Crippen LogP contribution in [0.5, 0.6) is 0 Å². The van der Waals surface area contributed by atoms with Crippen LogP contribution < -0.4 is 0 Å². The number of hydrogen-bond acceptors (Lipinski definition) is 2. The fourth-order valence-corrected chi connectivity index (χ4v) is 3.15. The predicted octanol–water partition coefficient (Wildman–Crippen LogP) is 4.60. The summed E-state index contributed by atoms with van der Waals surface area (Å²) in [5.41, 5.74) is 0.209. The number of thiophene rings is 1. The molecule has 0 bridgehead atoms. The molecule has 2 nitrogen and oxygen atoms in total. The quantitative estimate of drug-likeness (QED) is 0.894. The lowest BCUT2D eigenvalue weighted by atomic mass is 9.97. The standard InChI is InChI=1S/C13H9Cl2FO2S/c14-9-2-1-3-10(16)7(9)6-8(13(17)18)11-4-5-12(15)19-11/h1-5,8H,6H2,(H,17,18). The van der Waals surface area contributed by atoms with Gasteiger partial charge in [-0.3, -0.25) is 4.79 Å². The van der Waals surface area contributed by atoms with E-state index < -0.39 is 17.7 Å². The molecule has 1 N–H and O–H groups in total. The lowest BCUT2D eigenvalue weighted by molar-refractivity contribution is -0.138. The van der Waals surface area contributed by atoms with E-state index in [2.05, 4.69) is 0 Å². The van der Waals surface area contributed by atoms with E-state index in [4.69, 9.17) is 23.2 Å². The zero-order valence-electron chi connectivity index (χ0n) is 9.57. The van der Waals surface area contributed by atoms with Crippen LogP contribution in [-0.4, -0.2) is 11.1 Å². The maximum atomic E-state index is 13.7. The monoisotopic (exact) mass is 318 g/mol. The summed E-state index contributed by atoms with van der Waals surface area (Å²) < 4.78 is 14.2. The maximum Gasteiger partial charge on any atom is 0.312 e. The number of rotatable bonds is 4. The van der Waals surface area contributed by atoms with E-state index in [9.17, 15) is 14.3 Å². The molecule has 2 aromatic rings. The van der Waals surface area contributed by atoms with E-state index in [0.29, 0.717) is 9.21 Å². The molecule has 0 fully saturated rings. The second kappa shape index (κ2) is 5.90. The van der Waals surface area contributed by atoms with Crippen molar-refractivity contribution in [3.8, 4) is 0 Å². The molecule has 1 atom stereocenters. The molecule has 100 valence electrons. The number of aliphatic carboxylic acids is 1. The van der Waals surface area contributed by atoms with E-state index in [0.717, 1.165) is 0 Å². The highest BCUT2D eigenvalue weighted by Gasteiger charge is 2.24. The van der Waals surface area contributed by atoms with Crippen molar-refractivity contribution >= 4 is 40.5 Å². The van der Waals surface area contributed by atoms with Gasteiger partial charge in [-0.1, -0.05) is 29.3 Å². The van der Waals surface area contributed by atoms with Crippen LogP contribution >= 0.6 is 34.5 Å². The Hall–Kier alpha value is -1.10. The summed E-state index contributed by atoms with van der Waals surface area (Å²) >= 11 is 12.9. The SMILES string of the molecule is O=C(O)C(Cc1c(F)cccc1Cl)c1ccc(Cl)s1. The molecule has 19 heavy (non-hydrogen) atoms. The summed E-state index contributed by atoms with van der Waals surface area (Å²) in [6.45, 7) is 0. The van der Waals surface area contributed by atoms with Crippen molar-refractivity contribution in [3.63, 3.8) is 0 Å². The Kier molecular flexibility index (Phi) is 4.45. The minimum atomic E-state index is -1.03. The first-order chi connectivity index (χ1) is 8.99. The van der Waals surface area contributed by atoms with Crippen LogP contribution in [0.2, 0.25) is 9.36 Å². The van der Waals surface area contributed by atoms with Gasteiger partial charge in [0.15, 0.2) is 0 Å². The first kappa shape index (κ1) is 14.3. The molecule has 1 aromatic heterocycles. The minimum absolute atomic E-state index is 0.00230. The van der Waals surface area contributed by atoms with Crippen molar-refractivity contribution in [1.82, 2.24) is 0 Å². The molecule has 0 aliphatic heterocycles. The van der Waals surface area contributed by atoms with E-state index in [1.807, 2.05) is 0 Å². The molecular formula is C13H9Cl2FO2S. The van der Waals surface area contributed by atoms with Crippen molar-refractivity contribution in [2.45, 2.75) is 12.3 Å². The summed E-state index contributed by atoms with van der Waals surface area (Å²) in [5.74, 6) is -2.38. The topological polar surface area (TPSA) is 37.3 Å². The number of carbonyl (C=O) groups is 1. The van der Waals surface area contributed by atoms with Crippen molar-refractivity contribution in [1.29, 1.82) is 0 Å². The van der Waals surface area contributed by atoms with Crippen LogP contribution in [0.1, 0.15) is 16.4 Å². The van der Waals surface area contributed by atoms with Gasteiger partial charge in [-0.15, -0.1) is 11.3 Å². The maximum absolute atomic E-state index is 13.7. The molecule has 2 rings (SSSR count). The summed E-state index contributed by atoms with van der Waals surface area (Å²) in [7, 11) is 0. The summed E-state index contributed by atoms with van der Waals surface area (Å²) in [5, 5.41) is 9.51. The largest absolute Gasteiger partial charge is 0.481 e. The van der Waals surface area contributed by atoms with E-state index >= 15 is 0 Å². The van der Waals surface area contributed by atoms with Gasteiger partial charge >= 0.3 is 5.97 Å². The molecule has 0 radical (unpaired) electrons. The minimum Gasteiger partial charge on any atom is -0.481 e. The first-order valence-corrected chi connectivity index (χ1v) is 6.97. The van der Waals surface area contributed by atoms with Crippen molar-refractivity contribution in [3.05, 3.63) is 55.9 Å². The zero-order chi connectivity index (χ0) is 14.0. The number of benzene rings is 1. The van der Waals surface area contributed by atoms with Crippen LogP contribution in [0.4, 0.5) is 4.39 Å². The van der Waals surface area contributed by atoms with Crippen LogP contribution in [0.3, 0.4) is 0 Å². The molecule has 1 heterocycles. The molecule has 0 aliphatic carbocycles.